The van der Waals surface area contributed by atoms with Gasteiger partial charge < -0.3 is 10.3 Å². The summed E-state index contributed by atoms with van der Waals surface area (Å²) in [6, 6.07) is 11.3. The maximum atomic E-state index is 13.8. The molecule has 0 saturated heterocycles. The lowest BCUT2D eigenvalue weighted by Gasteiger charge is -2.10. The Kier molecular flexibility index (Phi) is 7.33. The van der Waals surface area contributed by atoms with Crippen LogP contribution >= 0.6 is 11.3 Å². The number of anilines is 1. The van der Waals surface area contributed by atoms with E-state index >= 15 is 0 Å². The average molecular weight is 525 g/mol. The van der Waals surface area contributed by atoms with Gasteiger partial charge in [0, 0.05) is 39.2 Å². The minimum atomic E-state index is -0.225. The molecule has 6 nitrogen and oxygen atoms in total. The molecular formula is C30H29FN6S. The van der Waals surface area contributed by atoms with Crippen LogP contribution < -0.4 is 5.32 Å². The zero-order valence-corrected chi connectivity index (χ0v) is 22.3. The number of pyridine rings is 2. The Morgan fingerprint density at radius 3 is 2.82 bits per heavy atom. The number of nitrogens with one attached hydrogen (secondary N) is 3. The number of aromatic amines is 2. The van der Waals surface area contributed by atoms with Gasteiger partial charge >= 0.3 is 0 Å². The monoisotopic (exact) mass is 524 g/mol. The SMILES string of the molecule is C=C/C=C(/c1ccc(F)s1)c1cc(-c2n[nH]c3ccc(-c4cncc(NC(=C)CCCC)c4)nc23)[nH]c1C. The lowest BCUT2D eigenvalue weighted by atomic mass is 10.0. The average Bonchev–Trinajstić information content (AvgIpc) is 3.64. The van der Waals surface area contributed by atoms with Gasteiger partial charge in [-0.25, -0.2) is 4.98 Å². The molecule has 0 radical (unpaired) electrons. The van der Waals surface area contributed by atoms with E-state index < -0.39 is 0 Å². The predicted octanol–water partition coefficient (Wildman–Crippen LogP) is 8.26. The second-order valence-corrected chi connectivity index (χ2v) is 10.1. The number of H-pyrrole nitrogens is 2. The second-order valence-electron chi connectivity index (χ2n) is 9.10. The molecule has 5 aromatic rings. The van der Waals surface area contributed by atoms with E-state index in [0.717, 1.165) is 91.7 Å². The highest BCUT2D eigenvalue weighted by Gasteiger charge is 2.18. The Bertz CT molecular complexity index is 1650. The van der Waals surface area contributed by atoms with Crippen LogP contribution in [0.15, 0.2) is 79.8 Å². The van der Waals surface area contributed by atoms with E-state index in [1.165, 1.54) is 6.07 Å². The number of aromatic nitrogens is 5. The number of rotatable bonds is 10. The number of allylic oxidation sites excluding steroid dienone is 3. The van der Waals surface area contributed by atoms with E-state index in [-0.39, 0.29) is 5.13 Å². The smallest absolute Gasteiger partial charge is 0.176 e. The van der Waals surface area contributed by atoms with E-state index in [2.05, 4.69) is 45.6 Å². The summed E-state index contributed by atoms with van der Waals surface area (Å²) in [6.45, 7) is 12.1. The van der Waals surface area contributed by atoms with Crippen molar-refractivity contribution in [1.82, 2.24) is 25.1 Å². The fourth-order valence-corrected chi connectivity index (χ4v) is 5.17. The van der Waals surface area contributed by atoms with Gasteiger partial charge in [-0.05, 0) is 56.2 Å². The van der Waals surface area contributed by atoms with Crippen molar-refractivity contribution in [3.63, 3.8) is 0 Å². The Hall–Kier alpha value is -4.30. The van der Waals surface area contributed by atoms with E-state index in [1.54, 1.807) is 24.5 Å². The summed E-state index contributed by atoms with van der Waals surface area (Å²) in [4.78, 5) is 13.6. The highest BCUT2D eigenvalue weighted by atomic mass is 32.1. The number of aryl methyl sites for hydroxylation is 1. The van der Waals surface area contributed by atoms with Crippen molar-refractivity contribution in [2.45, 2.75) is 33.1 Å². The number of nitrogens with zero attached hydrogens (tertiary/aromatic N) is 3. The number of thiophene rings is 1. The summed E-state index contributed by atoms with van der Waals surface area (Å²) in [5.74, 6) is 0. The summed E-state index contributed by atoms with van der Waals surface area (Å²) < 4.78 is 13.8. The molecule has 0 aliphatic carbocycles. The van der Waals surface area contributed by atoms with E-state index in [9.17, 15) is 4.39 Å². The van der Waals surface area contributed by atoms with Crippen molar-refractivity contribution in [2.24, 2.45) is 0 Å². The molecule has 5 rings (SSSR count). The molecule has 0 aromatic carbocycles. The van der Waals surface area contributed by atoms with Crippen molar-refractivity contribution in [3.8, 4) is 22.6 Å². The maximum Gasteiger partial charge on any atom is 0.176 e. The minimum Gasteiger partial charge on any atom is -0.358 e. The first-order chi connectivity index (χ1) is 18.5. The third-order valence-corrected chi connectivity index (χ3v) is 7.19. The molecule has 0 fully saturated rings. The largest absolute Gasteiger partial charge is 0.358 e. The molecule has 0 atom stereocenters. The molecule has 3 N–H and O–H groups in total. The quantitative estimate of drug-likeness (QED) is 0.161. The minimum absolute atomic E-state index is 0.225. The first-order valence-corrected chi connectivity index (χ1v) is 13.3. The van der Waals surface area contributed by atoms with Crippen LogP contribution in [0.4, 0.5) is 10.1 Å². The zero-order valence-electron chi connectivity index (χ0n) is 21.4. The van der Waals surface area contributed by atoms with E-state index in [4.69, 9.17) is 4.98 Å². The van der Waals surface area contributed by atoms with Gasteiger partial charge in [0.25, 0.3) is 0 Å². The number of fused-ring (bicyclic) bond motifs is 1. The summed E-state index contributed by atoms with van der Waals surface area (Å²) in [6.07, 6.45) is 10.3. The van der Waals surface area contributed by atoms with Gasteiger partial charge in [-0.3, -0.25) is 10.1 Å². The Balaban J connectivity index is 1.49. The van der Waals surface area contributed by atoms with Crippen LogP contribution in [-0.4, -0.2) is 25.1 Å². The maximum absolute atomic E-state index is 13.8. The molecule has 0 bridgehead atoms. The predicted molar refractivity (Wildman–Crippen MR) is 155 cm³/mol. The van der Waals surface area contributed by atoms with Crippen molar-refractivity contribution in [1.29, 1.82) is 0 Å². The van der Waals surface area contributed by atoms with Gasteiger partial charge in [0.2, 0.25) is 0 Å². The molecule has 0 aliphatic rings. The molecule has 5 heterocycles. The molecule has 0 saturated carbocycles. The molecule has 8 heteroatoms. The lowest BCUT2D eigenvalue weighted by molar-refractivity contribution is 0.657. The van der Waals surface area contributed by atoms with Gasteiger partial charge in [-0.1, -0.05) is 38.7 Å². The fourth-order valence-electron chi connectivity index (χ4n) is 4.40. The summed E-state index contributed by atoms with van der Waals surface area (Å²) >= 11 is 1.11. The van der Waals surface area contributed by atoms with Crippen LogP contribution in [0.25, 0.3) is 39.3 Å². The van der Waals surface area contributed by atoms with Gasteiger partial charge in [-0.2, -0.15) is 9.49 Å². The highest BCUT2D eigenvalue weighted by Crippen LogP contribution is 2.35. The summed E-state index contributed by atoms with van der Waals surface area (Å²) in [5, 5.41) is 10.8. The van der Waals surface area contributed by atoms with E-state index in [0.29, 0.717) is 5.69 Å². The number of hydrogen-bond acceptors (Lipinski definition) is 5. The summed E-state index contributed by atoms with van der Waals surface area (Å²) in [7, 11) is 0. The Morgan fingerprint density at radius 2 is 2.05 bits per heavy atom. The standard InChI is InChI=1S/C30H29FN6S/c1-5-7-9-18(3)33-21-14-20(16-32-17-21)24-10-11-25-29(35-24)30(37-36-25)26-15-23(19(4)34-26)22(8-6-2)27-12-13-28(31)38-27/h6,8,10-17,33-34H,2-3,5,7,9H2,1,4H3,(H,36,37)/b22-8+. The number of unbranched alkanes of at least 4 members (excludes halogenated alkanes) is 1. The first kappa shape index (κ1) is 25.4. The van der Waals surface area contributed by atoms with Crippen molar-refractivity contribution in [3.05, 3.63) is 101 Å². The molecule has 0 spiro atoms. The van der Waals surface area contributed by atoms with Crippen LogP contribution in [0.5, 0.6) is 0 Å². The third-order valence-electron chi connectivity index (χ3n) is 6.28. The van der Waals surface area contributed by atoms with Crippen LogP contribution in [-0.2, 0) is 0 Å². The van der Waals surface area contributed by atoms with Crippen LogP contribution in [0.3, 0.4) is 0 Å². The van der Waals surface area contributed by atoms with Gasteiger partial charge in [-0.15, -0.1) is 11.3 Å². The van der Waals surface area contributed by atoms with Crippen LogP contribution in [0.2, 0.25) is 0 Å². The Labute approximate surface area is 225 Å². The van der Waals surface area contributed by atoms with Gasteiger partial charge in [0.15, 0.2) is 5.13 Å². The number of hydrogen-bond donors (Lipinski definition) is 3. The lowest BCUT2D eigenvalue weighted by Crippen LogP contribution is -1.99. The zero-order chi connectivity index (χ0) is 26.6. The van der Waals surface area contributed by atoms with E-state index in [1.807, 2.05) is 37.3 Å². The first-order valence-electron chi connectivity index (χ1n) is 12.5. The van der Waals surface area contributed by atoms with Crippen molar-refractivity contribution < 1.29 is 4.39 Å². The molecule has 0 amide bonds. The summed E-state index contributed by atoms with van der Waals surface area (Å²) in [5.41, 5.74) is 9.45. The van der Waals surface area contributed by atoms with Crippen molar-refractivity contribution in [2.75, 3.05) is 5.32 Å². The van der Waals surface area contributed by atoms with Gasteiger partial charge in [0.1, 0.15) is 11.2 Å². The normalized spacial score (nSPS) is 11.7. The van der Waals surface area contributed by atoms with Crippen molar-refractivity contribution >= 4 is 33.6 Å². The molecule has 5 aromatic heterocycles. The topological polar surface area (TPSA) is 82.3 Å². The highest BCUT2D eigenvalue weighted by molar-refractivity contribution is 7.11. The molecule has 0 unspecified atom stereocenters. The molecular weight excluding hydrogens is 495 g/mol. The molecule has 192 valence electrons. The third kappa shape index (κ3) is 5.21. The second kappa shape index (κ2) is 11.0. The molecule has 0 aliphatic heterocycles. The van der Waals surface area contributed by atoms with Gasteiger partial charge in [0.05, 0.1) is 28.8 Å². The molecule has 38 heavy (non-hydrogen) atoms. The number of halogens is 1. The fraction of sp³-hybridized carbons (Fsp3) is 0.167. The Morgan fingerprint density at radius 1 is 1.18 bits per heavy atom. The van der Waals surface area contributed by atoms with Crippen LogP contribution in [0, 0.1) is 12.1 Å². The van der Waals surface area contributed by atoms with Crippen LogP contribution in [0.1, 0.15) is 42.3 Å².